The highest BCUT2D eigenvalue weighted by Crippen LogP contribution is 2.14. The number of methoxy groups -OCH3 is 1. The smallest absolute Gasteiger partial charge is 0.407 e. The number of carbonyl (C=O) groups excluding carboxylic acids is 1. The molecule has 0 saturated heterocycles. The molecular formula is C15H23N3O3S. The van der Waals surface area contributed by atoms with Crippen LogP contribution in [0.25, 0.3) is 0 Å². The van der Waals surface area contributed by atoms with Crippen molar-refractivity contribution in [1.82, 2.24) is 10.6 Å². The van der Waals surface area contributed by atoms with E-state index in [-0.39, 0.29) is 0 Å². The third kappa shape index (κ3) is 7.68. The number of rotatable bonds is 5. The summed E-state index contributed by atoms with van der Waals surface area (Å²) in [7, 11) is 1.62. The maximum absolute atomic E-state index is 11.4. The minimum atomic E-state index is -0.497. The van der Waals surface area contributed by atoms with Crippen molar-refractivity contribution in [1.29, 1.82) is 0 Å². The Morgan fingerprint density at radius 2 is 1.73 bits per heavy atom. The predicted octanol–water partition coefficient (Wildman–Crippen LogP) is 2.51. The molecule has 7 heteroatoms. The molecule has 6 nitrogen and oxygen atoms in total. The van der Waals surface area contributed by atoms with Gasteiger partial charge in [0.15, 0.2) is 5.11 Å². The summed E-state index contributed by atoms with van der Waals surface area (Å²) in [6, 6.07) is 7.42. The summed E-state index contributed by atoms with van der Waals surface area (Å²) in [4.78, 5) is 11.4. The van der Waals surface area contributed by atoms with Crippen molar-refractivity contribution in [2.75, 3.05) is 25.5 Å². The van der Waals surface area contributed by atoms with Gasteiger partial charge in [0, 0.05) is 18.8 Å². The minimum Gasteiger partial charge on any atom is -0.497 e. The van der Waals surface area contributed by atoms with Crippen LogP contribution in [0.3, 0.4) is 0 Å². The van der Waals surface area contributed by atoms with Crippen molar-refractivity contribution >= 4 is 29.1 Å². The maximum Gasteiger partial charge on any atom is 0.407 e. The number of nitrogens with one attached hydrogen (secondary N) is 3. The lowest BCUT2D eigenvalue weighted by molar-refractivity contribution is 0.0529. The molecule has 0 spiro atoms. The van der Waals surface area contributed by atoms with E-state index < -0.39 is 11.7 Å². The summed E-state index contributed by atoms with van der Waals surface area (Å²) in [5, 5.41) is 9.17. The van der Waals surface area contributed by atoms with Crippen molar-refractivity contribution in [2.45, 2.75) is 26.4 Å². The molecule has 0 fully saturated rings. The number of carbonyl (C=O) groups is 1. The normalized spacial score (nSPS) is 10.5. The third-order valence-corrected chi connectivity index (χ3v) is 2.67. The van der Waals surface area contributed by atoms with Gasteiger partial charge in [0.05, 0.1) is 7.11 Å². The molecule has 22 heavy (non-hydrogen) atoms. The Balaban J connectivity index is 2.21. The van der Waals surface area contributed by atoms with Crippen molar-refractivity contribution < 1.29 is 14.3 Å². The van der Waals surface area contributed by atoms with Crippen LogP contribution in [0.1, 0.15) is 20.8 Å². The predicted molar refractivity (Wildman–Crippen MR) is 91.5 cm³/mol. The molecule has 0 aliphatic rings. The lowest BCUT2D eigenvalue weighted by atomic mass is 10.2. The van der Waals surface area contributed by atoms with E-state index in [1.807, 2.05) is 45.0 Å². The van der Waals surface area contributed by atoms with Gasteiger partial charge in [-0.05, 0) is 57.3 Å². The Kier molecular flexibility index (Phi) is 6.91. The van der Waals surface area contributed by atoms with Gasteiger partial charge < -0.3 is 25.4 Å². The van der Waals surface area contributed by atoms with Crippen LogP contribution in [-0.4, -0.2) is 37.0 Å². The summed E-state index contributed by atoms with van der Waals surface area (Å²) in [6.07, 6.45) is -0.441. The number of amides is 1. The van der Waals surface area contributed by atoms with Crippen LogP contribution in [0.5, 0.6) is 5.75 Å². The van der Waals surface area contributed by atoms with Gasteiger partial charge >= 0.3 is 6.09 Å². The van der Waals surface area contributed by atoms with Gasteiger partial charge in [0.25, 0.3) is 0 Å². The zero-order valence-electron chi connectivity index (χ0n) is 13.4. The number of thiocarbonyl (C=S) groups is 1. The molecule has 1 aromatic rings. The average molecular weight is 325 g/mol. The number of benzene rings is 1. The lowest BCUT2D eigenvalue weighted by Crippen LogP contribution is -2.39. The SMILES string of the molecule is COc1ccc(NC(=S)NCCNC(=O)OC(C)(C)C)cc1. The molecule has 0 atom stereocenters. The van der Waals surface area contributed by atoms with Crippen LogP contribution < -0.4 is 20.7 Å². The highest BCUT2D eigenvalue weighted by Gasteiger charge is 2.15. The highest BCUT2D eigenvalue weighted by molar-refractivity contribution is 7.80. The van der Waals surface area contributed by atoms with Crippen LogP contribution in [0.4, 0.5) is 10.5 Å². The Morgan fingerprint density at radius 1 is 1.14 bits per heavy atom. The van der Waals surface area contributed by atoms with E-state index in [0.29, 0.717) is 18.2 Å². The second-order valence-electron chi connectivity index (χ2n) is 5.54. The van der Waals surface area contributed by atoms with E-state index in [1.54, 1.807) is 7.11 Å². The van der Waals surface area contributed by atoms with Crippen LogP contribution in [0.15, 0.2) is 24.3 Å². The number of hydrogen-bond acceptors (Lipinski definition) is 4. The fourth-order valence-corrected chi connectivity index (χ4v) is 1.72. The van der Waals surface area contributed by atoms with Crippen LogP contribution >= 0.6 is 12.2 Å². The monoisotopic (exact) mass is 325 g/mol. The highest BCUT2D eigenvalue weighted by atomic mass is 32.1. The van der Waals surface area contributed by atoms with Crippen molar-refractivity contribution in [3.05, 3.63) is 24.3 Å². The maximum atomic E-state index is 11.4. The largest absolute Gasteiger partial charge is 0.497 e. The molecule has 0 aliphatic carbocycles. The number of hydrogen-bond donors (Lipinski definition) is 3. The third-order valence-electron chi connectivity index (χ3n) is 2.43. The van der Waals surface area contributed by atoms with Gasteiger partial charge in [-0.2, -0.15) is 0 Å². The Hall–Kier alpha value is -2.02. The molecule has 122 valence electrons. The molecule has 0 aromatic heterocycles. The molecule has 0 saturated carbocycles. The van der Waals surface area contributed by atoms with Gasteiger partial charge in [-0.15, -0.1) is 0 Å². The number of ether oxygens (including phenoxy) is 2. The number of alkyl carbamates (subject to hydrolysis) is 1. The van der Waals surface area contributed by atoms with Crippen molar-refractivity contribution in [3.8, 4) is 5.75 Å². The van der Waals surface area contributed by atoms with E-state index >= 15 is 0 Å². The zero-order chi connectivity index (χ0) is 16.6. The summed E-state index contributed by atoms with van der Waals surface area (Å²) < 4.78 is 10.2. The molecular weight excluding hydrogens is 302 g/mol. The standard InChI is InChI=1S/C15H23N3O3S/c1-15(2,3)21-14(19)17-10-9-16-13(22)18-11-5-7-12(20-4)8-6-11/h5-8H,9-10H2,1-4H3,(H,17,19)(H2,16,18,22). The average Bonchev–Trinajstić information content (AvgIpc) is 2.42. The van der Waals surface area contributed by atoms with Crippen LogP contribution in [0.2, 0.25) is 0 Å². The molecule has 0 radical (unpaired) electrons. The van der Waals surface area contributed by atoms with Gasteiger partial charge in [0.1, 0.15) is 11.4 Å². The molecule has 1 amide bonds. The van der Waals surface area contributed by atoms with Crippen LogP contribution in [-0.2, 0) is 4.74 Å². The Bertz CT molecular complexity index is 498. The molecule has 0 unspecified atom stereocenters. The zero-order valence-corrected chi connectivity index (χ0v) is 14.2. The fourth-order valence-electron chi connectivity index (χ4n) is 1.50. The van der Waals surface area contributed by atoms with Gasteiger partial charge in [-0.1, -0.05) is 0 Å². The first-order chi connectivity index (χ1) is 10.3. The Morgan fingerprint density at radius 3 is 2.27 bits per heavy atom. The van der Waals surface area contributed by atoms with E-state index in [2.05, 4.69) is 16.0 Å². The first-order valence-corrected chi connectivity index (χ1v) is 7.37. The molecule has 1 rings (SSSR count). The summed E-state index contributed by atoms with van der Waals surface area (Å²) in [5.41, 5.74) is 0.362. The fraction of sp³-hybridized carbons (Fsp3) is 0.467. The first-order valence-electron chi connectivity index (χ1n) is 6.96. The quantitative estimate of drug-likeness (QED) is 0.571. The molecule has 0 heterocycles. The summed E-state index contributed by atoms with van der Waals surface area (Å²) >= 11 is 5.17. The van der Waals surface area contributed by atoms with E-state index in [1.165, 1.54) is 0 Å². The molecule has 1 aromatic carbocycles. The lowest BCUT2D eigenvalue weighted by Gasteiger charge is -2.19. The molecule has 0 aliphatic heterocycles. The molecule has 0 bridgehead atoms. The molecule has 3 N–H and O–H groups in total. The topological polar surface area (TPSA) is 71.6 Å². The second-order valence-corrected chi connectivity index (χ2v) is 5.95. The van der Waals surface area contributed by atoms with Crippen molar-refractivity contribution in [2.24, 2.45) is 0 Å². The second kappa shape index (κ2) is 8.43. The van der Waals surface area contributed by atoms with Gasteiger partial charge in [-0.25, -0.2) is 4.79 Å². The van der Waals surface area contributed by atoms with E-state index in [4.69, 9.17) is 21.7 Å². The van der Waals surface area contributed by atoms with E-state index in [0.717, 1.165) is 11.4 Å². The minimum absolute atomic E-state index is 0.416. The van der Waals surface area contributed by atoms with Gasteiger partial charge in [-0.3, -0.25) is 0 Å². The van der Waals surface area contributed by atoms with Gasteiger partial charge in [0.2, 0.25) is 0 Å². The summed E-state index contributed by atoms with van der Waals surface area (Å²) in [6.45, 7) is 6.37. The number of anilines is 1. The van der Waals surface area contributed by atoms with Crippen LogP contribution in [0, 0.1) is 0 Å². The van der Waals surface area contributed by atoms with E-state index in [9.17, 15) is 4.79 Å². The van der Waals surface area contributed by atoms with Crippen molar-refractivity contribution in [3.63, 3.8) is 0 Å². The Labute approximate surface area is 136 Å². The summed E-state index contributed by atoms with van der Waals surface area (Å²) in [5.74, 6) is 0.783. The first kappa shape index (κ1) is 18.0.